The summed E-state index contributed by atoms with van der Waals surface area (Å²) in [5.74, 6) is -2.12. The molecule has 8 heteroatoms. The molecule has 0 unspecified atom stereocenters. The molecule has 1 amide bonds. The van der Waals surface area contributed by atoms with E-state index in [4.69, 9.17) is 21.1 Å². The van der Waals surface area contributed by atoms with Crippen molar-refractivity contribution < 1.29 is 23.0 Å². The highest BCUT2D eigenvalue weighted by molar-refractivity contribution is 6.34. The number of halogens is 3. The van der Waals surface area contributed by atoms with Crippen LogP contribution in [0.5, 0.6) is 11.5 Å². The largest absolute Gasteiger partial charge is 0.493 e. The minimum Gasteiger partial charge on any atom is -0.493 e. The van der Waals surface area contributed by atoms with Gasteiger partial charge in [0.05, 0.1) is 17.7 Å². The fraction of sp³-hybridized carbons (Fsp3) is 0.100. The molecule has 3 aromatic rings. The van der Waals surface area contributed by atoms with Gasteiger partial charge in [0.1, 0.15) is 6.61 Å². The van der Waals surface area contributed by atoms with E-state index < -0.39 is 17.5 Å². The van der Waals surface area contributed by atoms with Crippen LogP contribution < -0.4 is 14.8 Å². The van der Waals surface area contributed by atoms with E-state index in [1.165, 1.54) is 7.11 Å². The summed E-state index contributed by atoms with van der Waals surface area (Å²) in [7, 11) is 1.49. The summed E-state index contributed by atoms with van der Waals surface area (Å²) in [6.45, 7) is 0.247. The molecule has 1 aromatic heterocycles. The SMILES string of the molecule is COc1ccc(NC(=O)c2cc(F)c(F)cc2Cl)cc1OCc1cccnc1. The van der Waals surface area contributed by atoms with E-state index in [-0.39, 0.29) is 17.2 Å². The molecule has 1 heterocycles. The first-order chi connectivity index (χ1) is 13.5. The molecular weight excluding hydrogens is 390 g/mol. The highest BCUT2D eigenvalue weighted by Crippen LogP contribution is 2.31. The summed E-state index contributed by atoms with van der Waals surface area (Å²) in [4.78, 5) is 16.4. The van der Waals surface area contributed by atoms with Gasteiger partial charge in [0.2, 0.25) is 0 Å². The van der Waals surface area contributed by atoms with Crippen LogP contribution in [0.25, 0.3) is 0 Å². The highest BCUT2D eigenvalue weighted by atomic mass is 35.5. The van der Waals surface area contributed by atoms with Crippen molar-refractivity contribution >= 4 is 23.2 Å². The maximum absolute atomic E-state index is 13.4. The summed E-state index contributed by atoms with van der Waals surface area (Å²) in [5, 5.41) is 2.38. The number of amides is 1. The van der Waals surface area contributed by atoms with Crippen LogP contribution in [0.4, 0.5) is 14.5 Å². The number of hydrogen-bond acceptors (Lipinski definition) is 4. The van der Waals surface area contributed by atoms with Crippen LogP contribution in [-0.2, 0) is 6.61 Å². The number of aromatic nitrogens is 1. The fourth-order valence-corrected chi connectivity index (χ4v) is 2.64. The van der Waals surface area contributed by atoms with Crippen LogP contribution in [0, 0.1) is 11.6 Å². The molecule has 0 atom stereocenters. The molecule has 2 aromatic carbocycles. The van der Waals surface area contributed by atoms with Crippen molar-refractivity contribution in [3.8, 4) is 11.5 Å². The third-order valence-electron chi connectivity index (χ3n) is 3.79. The predicted octanol–water partition coefficient (Wildman–Crippen LogP) is 4.85. The van der Waals surface area contributed by atoms with Gasteiger partial charge in [0, 0.05) is 29.7 Å². The zero-order valence-corrected chi connectivity index (χ0v) is 15.5. The third-order valence-corrected chi connectivity index (χ3v) is 4.11. The molecule has 0 bridgehead atoms. The summed E-state index contributed by atoms with van der Waals surface area (Å²) in [5.41, 5.74) is 1.04. The number of carbonyl (C=O) groups excluding carboxylic acids is 1. The van der Waals surface area contributed by atoms with Crippen LogP contribution in [0.3, 0.4) is 0 Å². The van der Waals surface area contributed by atoms with Crippen LogP contribution in [-0.4, -0.2) is 18.0 Å². The van der Waals surface area contributed by atoms with Crippen LogP contribution in [0.1, 0.15) is 15.9 Å². The Morgan fingerprint density at radius 3 is 2.64 bits per heavy atom. The van der Waals surface area contributed by atoms with Crippen molar-refractivity contribution in [2.45, 2.75) is 6.61 Å². The van der Waals surface area contributed by atoms with Gasteiger partial charge in [-0.15, -0.1) is 0 Å². The van der Waals surface area contributed by atoms with Crippen LogP contribution in [0.15, 0.2) is 54.9 Å². The minimum atomic E-state index is -1.16. The minimum absolute atomic E-state index is 0.186. The van der Waals surface area contributed by atoms with Gasteiger partial charge in [-0.25, -0.2) is 8.78 Å². The maximum atomic E-state index is 13.4. The molecule has 0 aliphatic carbocycles. The summed E-state index contributed by atoms with van der Waals surface area (Å²) >= 11 is 5.84. The van der Waals surface area contributed by atoms with Crippen molar-refractivity contribution in [2.75, 3.05) is 12.4 Å². The molecular formula is C20H15ClF2N2O3. The van der Waals surface area contributed by atoms with Gasteiger partial charge in [-0.05, 0) is 30.3 Å². The summed E-state index contributed by atoms with van der Waals surface area (Å²) < 4.78 is 37.6. The van der Waals surface area contributed by atoms with Gasteiger partial charge in [-0.3, -0.25) is 9.78 Å². The molecule has 1 N–H and O–H groups in total. The average Bonchev–Trinajstić information content (AvgIpc) is 2.70. The van der Waals surface area contributed by atoms with Crippen LogP contribution >= 0.6 is 11.6 Å². The molecule has 0 saturated heterocycles. The Labute approximate surface area is 164 Å². The Morgan fingerprint density at radius 1 is 1.14 bits per heavy atom. The second kappa shape index (κ2) is 8.67. The third kappa shape index (κ3) is 4.55. The van der Waals surface area contributed by atoms with Crippen LogP contribution in [0.2, 0.25) is 5.02 Å². The molecule has 0 spiro atoms. The summed E-state index contributed by atoms with van der Waals surface area (Å²) in [6.07, 6.45) is 3.33. The second-order valence-corrected chi connectivity index (χ2v) is 6.12. The number of nitrogens with one attached hydrogen (secondary N) is 1. The van der Waals surface area contributed by atoms with Gasteiger partial charge in [0.25, 0.3) is 5.91 Å². The normalized spacial score (nSPS) is 10.4. The molecule has 144 valence electrons. The molecule has 0 fully saturated rings. The Morgan fingerprint density at radius 2 is 1.93 bits per heavy atom. The van der Waals surface area contributed by atoms with Gasteiger partial charge >= 0.3 is 0 Å². The number of benzene rings is 2. The first kappa shape index (κ1) is 19.6. The van der Waals surface area contributed by atoms with Crippen molar-refractivity contribution in [2.24, 2.45) is 0 Å². The number of carbonyl (C=O) groups is 1. The zero-order chi connectivity index (χ0) is 20.1. The molecule has 0 radical (unpaired) electrons. The molecule has 0 aliphatic heterocycles. The van der Waals surface area contributed by atoms with Crippen molar-refractivity contribution in [3.05, 3.63) is 82.6 Å². The lowest BCUT2D eigenvalue weighted by Gasteiger charge is -2.13. The average molecular weight is 405 g/mol. The molecule has 0 aliphatic rings. The first-order valence-corrected chi connectivity index (χ1v) is 8.51. The number of anilines is 1. The Hall–Kier alpha value is -3.19. The van der Waals surface area contributed by atoms with Gasteiger partial charge in [-0.2, -0.15) is 0 Å². The van der Waals surface area contributed by atoms with Crippen molar-refractivity contribution in [1.82, 2.24) is 4.98 Å². The molecule has 28 heavy (non-hydrogen) atoms. The zero-order valence-electron chi connectivity index (χ0n) is 14.7. The molecule has 5 nitrogen and oxygen atoms in total. The lowest BCUT2D eigenvalue weighted by atomic mass is 10.2. The number of nitrogens with zero attached hydrogens (tertiary/aromatic N) is 1. The van der Waals surface area contributed by atoms with Crippen molar-refractivity contribution in [3.63, 3.8) is 0 Å². The highest BCUT2D eigenvalue weighted by Gasteiger charge is 2.16. The van der Waals surface area contributed by atoms with E-state index in [0.29, 0.717) is 17.2 Å². The number of rotatable bonds is 6. The standard InChI is InChI=1S/C20H15ClF2N2O3/c1-27-18-5-4-13(7-19(18)28-11-12-3-2-6-24-10-12)25-20(26)14-8-16(22)17(23)9-15(14)21/h2-10H,11H2,1H3,(H,25,26). The topological polar surface area (TPSA) is 60.5 Å². The number of methoxy groups -OCH3 is 1. The summed E-state index contributed by atoms with van der Waals surface area (Å²) in [6, 6.07) is 9.90. The van der Waals surface area contributed by atoms with Gasteiger partial charge in [0.15, 0.2) is 23.1 Å². The maximum Gasteiger partial charge on any atom is 0.257 e. The van der Waals surface area contributed by atoms with E-state index >= 15 is 0 Å². The first-order valence-electron chi connectivity index (χ1n) is 8.13. The van der Waals surface area contributed by atoms with Gasteiger partial charge < -0.3 is 14.8 Å². The predicted molar refractivity (Wildman–Crippen MR) is 101 cm³/mol. The molecule has 3 rings (SSSR count). The number of ether oxygens (including phenoxy) is 2. The number of pyridine rings is 1. The monoisotopic (exact) mass is 404 g/mol. The Balaban J connectivity index is 1.79. The number of hydrogen-bond donors (Lipinski definition) is 1. The van der Waals surface area contributed by atoms with E-state index in [0.717, 1.165) is 17.7 Å². The fourth-order valence-electron chi connectivity index (χ4n) is 2.41. The van der Waals surface area contributed by atoms with E-state index in [1.807, 2.05) is 6.07 Å². The lowest BCUT2D eigenvalue weighted by Crippen LogP contribution is -2.13. The quantitative estimate of drug-likeness (QED) is 0.596. The molecule has 0 saturated carbocycles. The smallest absolute Gasteiger partial charge is 0.257 e. The van der Waals surface area contributed by atoms with E-state index in [1.54, 1.807) is 36.7 Å². The Kier molecular flexibility index (Phi) is 6.06. The lowest BCUT2D eigenvalue weighted by molar-refractivity contribution is 0.102. The Bertz CT molecular complexity index is 1000. The van der Waals surface area contributed by atoms with Gasteiger partial charge in [-0.1, -0.05) is 17.7 Å². The van der Waals surface area contributed by atoms with E-state index in [9.17, 15) is 13.6 Å². The second-order valence-electron chi connectivity index (χ2n) is 5.72. The van der Waals surface area contributed by atoms with E-state index in [2.05, 4.69) is 10.3 Å². The van der Waals surface area contributed by atoms with Crippen molar-refractivity contribution in [1.29, 1.82) is 0 Å².